The molecule has 0 aromatic heterocycles. The maximum absolute atomic E-state index is 5.45. The fourth-order valence-corrected chi connectivity index (χ4v) is 2.58. The minimum absolute atomic E-state index is 0.476. The molecule has 0 aliphatic carbocycles. The molecule has 5 heteroatoms. The van der Waals surface area contributed by atoms with Crippen LogP contribution in [-0.2, 0) is 20.9 Å². The van der Waals surface area contributed by atoms with Crippen molar-refractivity contribution in [3.8, 4) is 0 Å². The highest BCUT2D eigenvalue weighted by Gasteiger charge is 2.13. The molecule has 0 spiro atoms. The molecule has 86 valence electrons. The number of hydrogen-bond donors (Lipinski definition) is 1. The Balaban J connectivity index is 3.56. The van der Waals surface area contributed by atoms with Gasteiger partial charge in [0.15, 0.2) is 0 Å². The van der Waals surface area contributed by atoms with Crippen molar-refractivity contribution >= 4 is 29.7 Å². The molecule has 0 saturated heterocycles. The largest absolute Gasteiger partial charge is 0.322 e. The number of hydrogen-bond acceptors (Lipinski definition) is 3. The lowest BCUT2D eigenvalue weighted by Crippen LogP contribution is -2.00. The maximum Gasteiger partial charge on any atom is 0.244 e. The van der Waals surface area contributed by atoms with Gasteiger partial charge in [-0.15, -0.1) is 0 Å². The van der Waals surface area contributed by atoms with Gasteiger partial charge in [0, 0.05) is 0 Å². The lowest BCUT2D eigenvalue weighted by atomic mass is 10.2. The van der Waals surface area contributed by atoms with E-state index in [4.69, 9.17) is 20.9 Å². The van der Waals surface area contributed by atoms with Crippen LogP contribution >= 0.6 is 17.9 Å². The van der Waals surface area contributed by atoms with Crippen molar-refractivity contribution in [2.45, 2.75) is 40.0 Å². The Morgan fingerprint density at radius 3 is 2.43 bits per heavy atom. The highest BCUT2D eigenvalue weighted by atomic mass is 32.9. The van der Waals surface area contributed by atoms with Gasteiger partial charge in [-0.1, -0.05) is 45.9 Å². The summed E-state index contributed by atoms with van der Waals surface area (Å²) in [7, 11) is 0. The molecule has 0 aromatic rings. The van der Waals surface area contributed by atoms with Gasteiger partial charge < -0.3 is 9.05 Å². The molecule has 1 atom stereocenters. The average Bonchev–Trinajstić information content (AvgIpc) is 2.10. The van der Waals surface area contributed by atoms with Gasteiger partial charge in [-0.05, 0) is 24.1 Å². The van der Waals surface area contributed by atoms with Crippen LogP contribution in [0.2, 0.25) is 0 Å². The van der Waals surface area contributed by atoms with Gasteiger partial charge in [-0.3, -0.25) is 0 Å². The Labute approximate surface area is 98.1 Å². The van der Waals surface area contributed by atoms with Gasteiger partial charge >= 0.3 is 0 Å². The molecule has 0 saturated carbocycles. The number of rotatable bonds is 8. The van der Waals surface area contributed by atoms with Crippen LogP contribution in [0.15, 0.2) is 0 Å². The van der Waals surface area contributed by atoms with E-state index in [1.54, 1.807) is 0 Å². The molecule has 0 aliphatic rings. The highest BCUT2D eigenvalue weighted by molar-refractivity contribution is 8.60. The SMILES string of the molecule is CCCCCOP(=S)(S)OCC(C)C. The first-order valence-electron chi connectivity index (χ1n) is 5.10. The fraction of sp³-hybridized carbons (Fsp3) is 1.00. The summed E-state index contributed by atoms with van der Waals surface area (Å²) in [6.45, 7) is 7.63. The van der Waals surface area contributed by atoms with Gasteiger partial charge in [0.2, 0.25) is 5.69 Å². The highest BCUT2D eigenvalue weighted by Crippen LogP contribution is 2.53. The third-order valence-electron chi connectivity index (χ3n) is 1.57. The van der Waals surface area contributed by atoms with Crippen LogP contribution in [0.4, 0.5) is 0 Å². The van der Waals surface area contributed by atoms with E-state index in [1.807, 2.05) is 0 Å². The first-order chi connectivity index (χ1) is 6.48. The van der Waals surface area contributed by atoms with Crippen molar-refractivity contribution < 1.29 is 9.05 Å². The molecule has 0 fully saturated rings. The van der Waals surface area contributed by atoms with Crippen LogP contribution in [0.25, 0.3) is 0 Å². The summed E-state index contributed by atoms with van der Waals surface area (Å²) in [5.41, 5.74) is -2.26. The third kappa shape index (κ3) is 9.47. The molecule has 0 radical (unpaired) electrons. The van der Waals surface area contributed by atoms with Crippen LogP contribution in [0.3, 0.4) is 0 Å². The average molecular weight is 256 g/mol. The van der Waals surface area contributed by atoms with Gasteiger partial charge in [0.25, 0.3) is 0 Å². The molecular formula is C9H21O2PS2. The summed E-state index contributed by atoms with van der Waals surface area (Å²) in [4.78, 5) is 0. The zero-order chi connectivity index (χ0) is 11.0. The lowest BCUT2D eigenvalue weighted by molar-refractivity contribution is 0.233. The predicted molar refractivity (Wildman–Crippen MR) is 69.5 cm³/mol. The smallest absolute Gasteiger partial charge is 0.244 e. The molecule has 2 nitrogen and oxygen atoms in total. The van der Waals surface area contributed by atoms with Crippen molar-refractivity contribution in [3.05, 3.63) is 0 Å². The molecule has 0 N–H and O–H groups in total. The van der Waals surface area contributed by atoms with E-state index in [2.05, 4.69) is 33.0 Å². The molecule has 14 heavy (non-hydrogen) atoms. The van der Waals surface area contributed by atoms with E-state index >= 15 is 0 Å². The second-order valence-electron chi connectivity index (χ2n) is 3.70. The van der Waals surface area contributed by atoms with Gasteiger partial charge in [0.05, 0.1) is 13.2 Å². The van der Waals surface area contributed by atoms with Crippen LogP contribution in [0.1, 0.15) is 40.0 Å². The summed E-state index contributed by atoms with van der Waals surface area (Å²) >= 11 is 9.39. The Kier molecular flexibility index (Phi) is 8.65. The van der Waals surface area contributed by atoms with E-state index in [0.717, 1.165) is 6.42 Å². The molecule has 1 unspecified atom stereocenters. The second-order valence-corrected chi connectivity index (χ2v) is 8.99. The minimum Gasteiger partial charge on any atom is -0.322 e. The maximum atomic E-state index is 5.45. The van der Waals surface area contributed by atoms with Gasteiger partial charge in [-0.2, -0.15) is 0 Å². The molecule has 0 rings (SSSR count). The van der Waals surface area contributed by atoms with E-state index in [1.165, 1.54) is 12.8 Å². The van der Waals surface area contributed by atoms with Crippen LogP contribution < -0.4 is 0 Å². The summed E-state index contributed by atoms with van der Waals surface area (Å²) in [5, 5.41) is 0. The Hall–Kier alpha value is 0.920. The number of thiol groups is 1. The fourth-order valence-electron chi connectivity index (χ4n) is 0.813. The van der Waals surface area contributed by atoms with Crippen molar-refractivity contribution in [1.29, 1.82) is 0 Å². The quantitative estimate of drug-likeness (QED) is 0.402. The molecule has 0 heterocycles. The van der Waals surface area contributed by atoms with Crippen LogP contribution in [0.5, 0.6) is 0 Å². The molecule has 0 aromatic carbocycles. The second kappa shape index (κ2) is 8.12. The summed E-state index contributed by atoms with van der Waals surface area (Å²) in [6, 6.07) is 0. The lowest BCUT2D eigenvalue weighted by Gasteiger charge is -2.17. The monoisotopic (exact) mass is 256 g/mol. The molecular weight excluding hydrogens is 235 g/mol. The van der Waals surface area contributed by atoms with E-state index < -0.39 is 5.69 Å². The van der Waals surface area contributed by atoms with E-state index in [-0.39, 0.29) is 0 Å². The van der Waals surface area contributed by atoms with Crippen LogP contribution in [0, 0.1) is 5.92 Å². The number of unbranched alkanes of at least 4 members (excludes halogenated alkanes) is 2. The summed E-state index contributed by atoms with van der Waals surface area (Å²) < 4.78 is 10.9. The molecule has 0 bridgehead atoms. The van der Waals surface area contributed by atoms with E-state index in [9.17, 15) is 0 Å². The van der Waals surface area contributed by atoms with Crippen molar-refractivity contribution in [3.63, 3.8) is 0 Å². The summed E-state index contributed by atoms with van der Waals surface area (Å²) in [6.07, 6.45) is 3.40. The summed E-state index contributed by atoms with van der Waals surface area (Å²) in [5.74, 6) is 0.476. The Morgan fingerprint density at radius 1 is 1.29 bits per heavy atom. The van der Waals surface area contributed by atoms with E-state index in [0.29, 0.717) is 19.1 Å². The van der Waals surface area contributed by atoms with Gasteiger partial charge in [0.1, 0.15) is 0 Å². The normalized spacial score (nSPS) is 15.8. The third-order valence-corrected chi connectivity index (χ3v) is 3.88. The Bertz CT molecular complexity index is 186. The zero-order valence-electron chi connectivity index (χ0n) is 9.23. The van der Waals surface area contributed by atoms with Gasteiger partial charge in [-0.25, -0.2) is 0 Å². The molecule has 0 amide bonds. The first kappa shape index (κ1) is 14.9. The molecule has 0 aliphatic heterocycles. The Morgan fingerprint density at radius 2 is 1.93 bits per heavy atom. The van der Waals surface area contributed by atoms with Crippen LogP contribution in [-0.4, -0.2) is 13.2 Å². The van der Waals surface area contributed by atoms with Crippen molar-refractivity contribution in [2.24, 2.45) is 5.92 Å². The first-order valence-corrected chi connectivity index (χ1v) is 8.89. The topological polar surface area (TPSA) is 18.5 Å². The standard InChI is InChI=1S/C9H21O2PS2/c1-4-5-6-7-10-12(13,14)11-8-9(2)3/h9H,4-8H2,1-3H3,(H,13,14). The minimum atomic E-state index is -2.26. The zero-order valence-corrected chi connectivity index (χ0v) is 11.8. The van der Waals surface area contributed by atoms with Crippen molar-refractivity contribution in [1.82, 2.24) is 0 Å². The van der Waals surface area contributed by atoms with Crippen molar-refractivity contribution in [2.75, 3.05) is 13.2 Å². The predicted octanol–water partition coefficient (Wildman–Crippen LogP) is 4.02.